The molecule has 2 saturated carbocycles. The van der Waals surface area contributed by atoms with Crippen molar-refractivity contribution < 1.29 is 14.0 Å². The van der Waals surface area contributed by atoms with Gasteiger partial charge in [0.15, 0.2) is 8.32 Å². The summed E-state index contributed by atoms with van der Waals surface area (Å²) >= 11 is 0. The zero-order chi connectivity index (χ0) is 23.2. The molecule has 0 aromatic heterocycles. The zero-order valence-electron chi connectivity index (χ0n) is 21.5. The van der Waals surface area contributed by atoms with E-state index in [-0.39, 0.29) is 27.9 Å². The van der Waals surface area contributed by atoms with Gasteiger partial charge in [-0.25, -0.2) is 4.79 Å². The fourth-order valence-electron chi connectivity index (χ4n) is 7.54. The van der Waals surface area contributed by atoms with Crippen LogP contribution in [0, 0.1) is 34.0 Å². The number of carbonyl (C=O) groups is 1. The van der Waals surface area contributed by atoms with Gasteiger partial charge in [0, 0.05) is 17.4 Å². The Balaban J connectivity index is 1.84. The van der Waals surface area contributed by atoms with Crippen molar-refractivity contribution in [3.05, 3.63) is 23.3 Å². The summed E-state index contributed by atoms with van der Waals surface area (Å²) in [5.74, 6) is 1.38. The minimum Gasteiger partial charge on any atom is -0.466 e. The van der Waals surface area contributed by atoms with Crippen molar-refractivity contribution in [1.82, 2.24) is 0 Å². The van der Waals surface area contributed by atoms with Gasteiger partial charge >= 0.3 is 5.97 Å². The van der Waals surface area contributed by atoms with Crippen LogP contribution in [0.1, 0.15) is 74.1 Å². The van der Waals surface area contributed by atoms with Crippen molar-refractivity contribution >= 4 is 14.3 Å². The summed E-state index contributed by atoms with van der Waals surface area (Å²) in [5.41, 5.74) is 3.08. The summed E-state index contributed by atoms with van der Waals surface area (Å²) in [6, 6.07) is 0. The third-order valence-electron chi connectivity index (χ3n) is 10.3. The Kier molecular flexibility index (Phi) is 5.12. The van der Waals surface area contributed by atoms with Crippen LogP contribution in [0.2, 0.25) is 18.1 Å². The van der Waals surface area contributed by atoms with Crippen LogP contribution in [0.4, 0.5) is 0 Å². The second-order valence-electron chi connectivity index (χ2n) is 13.2. The van der Waals surface area contributed by atoms with Crippen LogP contribution in [0.15, 0.2) is 23.3 Å². The van der Waals surface area contributed by atoms with E-state index in [2.05, 4.69) is 73.7 Å². The van der Waals surface area contributed by atoms with E-state index >= 15 is 0 Å². The molecule has 0 aromatic carbocycles. The first-order chi connectivity index (χ1) is 14.2. The predicted octanol–water partition coefficient (Wildman–Crippen LogP) is 6.90. The lowest BCUT2D eigenvalue weighted by Crippen LogP contribution is -2.52. The summed E-state index contributed by atoms with van der Waals surface area (Å²) < 4.78 is 12.4. The van der Waals surface area contributed by atoms with E-state index in [0.717, 1.165) is 5.57 Å². The van der Waals surface area contributed by atoms with Crippen molar-refractivity contribution in [3.63, 3.8) is 0 Å². The van der Waals surface area contributed by atoms with E-state index in [4.69, 9.17) is 9.16 Å². The number of esters is 1. The largest absolute Gasteiger partial charge is 0.466 e. The molecule has 3 nitrogen and oxygen atoms in total. The maximum absolute atomic E-state index is 12.9. The van der Waals surface area contributed by atoms with Gasteiger partial charge in [0.2, 0.25) is 0 Å². The van der Waals surface area contributed by atoms with E-state index in [1.54, 1.807) is 5.57 Å². The second kappa shape index (κ2) is 6.82. The summed E-state index contributed by atoms with van der Waals surface area (Å²) in [6.45, 7) is 21.3. The zero-order valence-corrected chi connectivity index (χ0v) is 22.5. The van der Waals surface area contributed by atoms with Gasteiger partial charge in [-0.2, -0.15) is 0 Å². The molecule has 0 aliphatic heterocycles. The van der Waals surface area contributed by atoms with E-state index in [0.29, 0.717) is 29.6 Å². The molecule has 31 heavy (non-hydrogen) atoms. The highest BCUT2D eigenvalue weighted by Crippen LogP contribution is 2.86. The van der Waals surface area contributed by atoms with Crippen molar-refractivity contribution in [2.75, 3.05) is 7.11 Å². The Morgan fingerprint density at radius 2 is 1.84 bits per heavy atom. The summed E-state index contributed by atoms with van der Waals surface area (Å²) in [4.78, 5) is 12.9. The standard InChI is InChI=1S/C27H44O3Si/c1-17(2)19-11-12-25(6)13-14-26(7)21(30-31(9,10)24(3,4)5)16-18(23(28)29-8)15-20-22(26)27(19,20)25/h11,15,17,20-22H,12-14,16H2,1-10H3/t20?,21-,22-,25-,26+,27?/m1/s1. The van der Waals surface area contributed by atoms with Crippen LogP contribution < -0.4 is 0 Å². The lowest BCUT2D eigenvalue weighted by molar-refractivity contribution is -0.136. The lowest BCUT2D eigenvalue weighted by atomic mass is 9.56. The highest BCUT2D eigenvalue weighted by molar-refractivity contribution is 6.74. The van der Waals surface area contributed by atoms with E-state index in [1.807, 2.05) is 0 Å². The van der Waals surface area contributed by atoms with Crippen LogP contribution in [0.5, 0.6) is 0 Å². The highest BCUT2D eigenvalue weighted by Gasteiger charge is 2.81. The number of methoxy groups -OCH3 is 1. The molecule has 4 aliphatic rings. The molecule has 1 spiro atoms. The Morgan fingerprint density at radius 1 is 1.19 bits per heavy atom. The molecular weight excluding hydrogens is 400 g/mol. The van der Waals surface area contributed by atoms with Gasteiger partial charge in [-0.3, -0.25) is 0 Å². The molecule has 174 valence electrons. The van der Waals surface area contributed by atoms with Crippen LogP contribution in [0.3, 0.4) is 0 Å². The number of rotatable bonds is 4. The van der Waals surface area contributed by atoms with Gasteiger partial charge in [0.05, 0.1) is 13.2 Å². The number of hydrogen-bond donors (Lipinski definition) is 0. The molecule has 0 saturated heterocycles. The Hall–Kier alpha value is -0.873. The normalized spacial score (nSPS) is 41.7. The topological polar surface area (TPSA) is 35.5 Å². The molecule has 0 radical (unpaired) electrons. The number of carbonyl (C=O) groups excluding carboxylic acids is 1. The number of ether oxygens (including phenoxy) is 1. The van der Waals surface area contributed by atoms with E-state index in [9.17, 15) is 4.79 Å². The second-order valence-corrected chi connectivity index (χ2v) is 18.0. The lowest BCUT2D eigenvalue weighted by Gasteiger charge is -2.52. The first-order valence-corrected chi connectivity index (χ1v) is 15.2. The van der Waals surface area contributed by atoms with Crippen LogP contribution in [-0.2, 0) is 14.0 Å². The minimum absolute atomic E-state index is 0.0756. The third-order valence-corrected chi connectivity index (χ3v) is 14.8. The summed E-state index contributed by atoms with van der Waals surface area (Å²) in [5, 5.41) is 0.144. The first-order valence-electron chi connectivity index (χ1n) is 12.3. The van der Waals surface area contributed by atoms with E-state index in [1.165, 1.54) is 26.4 Å². The summed E-state index contributed by atoms with van der Waals surface area (Å²) in [6.07, 6.45) is 9.27. The Labute approximate surface area is 191 Å². The molecular formula is C27H44O3Si. The van der Waals surface area contributed by atoms with E-state index < -0.39 is 8.32 Å². The molecule has 0 bridgehead atoms. The number of allylic oxidation sites excluding steroid dienone is 3. The molecule has 2 fully saturated rings. The van der Waals surface area contributed by atoms with Crippen LogP contribution >= 0.6 is 0 Å². The van der Waals surface area contributed by atoms with Gasteiger partial charge in [-0.05, 0) is 66.0 Å². The molecule has 0 amide bonds. The maximum atomic E-state index is 12.9. The van der Waals surface area contributed by atoms with Crippen molar-refractivity contribution in [1.29, 1.82) is 0 Å². The highest BCUT2D eigenvalue weighted by atomic mass is 28.4. The van der Waals surface area contributed by atoms with Gasteiger partial charge < -0.3 is 9.16 Å². The average Bonchev–Trinajstić information content (AvgIpc) is 3.25. The molecule has 4 aliphatic carbocycles. The molecule has 0 N–H and O–H groups in total. The van der Waals surface area contributed by atoms with Gasteiger partial charge in [-0.15, -0.1) is 0 Å². The fraction of sp³-hybridized carbons (Fsp3) is 0.815. The van der Waals surface area contributed by atoms with Crippen LogP contribution in [-0.4, -0.2) is 27.5 Å². The third kappa shape index (κ3) is 2.96. The molecule has 4 rings (SSSR count). The fourth-order valence-corrected chi connectivity index (χ4v) is 8.95. The van der Waals surface area contributed by atoms with Crippen LogP contribution in [0.25, 0.3) is 0 Å². The van der Waals surface area contributed by atoms with Crippen molar-refractivity contribution in [2.45, 2.75) is 98.4 Å². The number of hydrogen-bond acceptors (Lipinski definition) is 3. The quantitative estimate of drug-likeness (QED) is 0.269. The molecule has 0 aromatic rings. The van der Waals surface area contributed by atoms with Crippen molar-refractivity contribution in [2.24, 2.45) is 34.0 Å². The van der Waals surface area contributed by atoms with Gasteiger partial charge in [0.25, 0.3) is 0 Å². The Morgan fingerprint density at radius 3 is 2.39 bits per heavy atom. The van der Waals surface area contributed by atoms with Crippen molar-refractivity contribution in [3.8, 4) is 0 Å². The van der Waals surface area contributed by atoms with Gasteiger partial charge in [-0.1, -0.05) is 66.2 Å². The van der Waals surface area contributed by atoms with Gasteiger partial charge in [0.1, 0.15) is 0 Å². The maximum Gasteiger partial charge on any atom is 0.333 e. The predicted molar refractivity (Wildman–Crippen MR) is 129 cm³/mol. The SMILES string of the molecule is COC(=O)C1=CC2[C@H]3C24C(C(C)C)=CC[C@]4(C)CC[C@@]3(C)[C@H](O[Si](C)(C)C(C)(C)C)C1. The summed E-state index contributed by atoms with van der Waals surface area (Å²) in [7, 11) is -0.475. The molecule has 2 unspecified atom stereocenters. The smallest absolute Gasteiger partial charge is 0.333 e. The molecule has 6 atom stereocenters. The average molecular weight is 445 g/mol. The minimum atomic E-state index is -1.99. The monoisotopic (exact) mass is 444 g/mol. The Bertz CT molecular complexity index is 847. The first kappa shape index (κ1) is 23.3. The molecule has 4 heteroatoms. The molecule has 0 heterocycles.